The molecule has 0 aromatic heterocycles. The first-order valence-electron chi connectivity index (χ1n) is 5.12. The first kappa shape index (κ1) is 12.4. The Balaban J connectivity index is 3.28. The van der Waals surface area contributed by atoms with E-state index in [1.807, 2.05) is 0 Å². The number of hydrogen-bond acceptors (Lipinski definition) is 3. The summed E-state index contributed by atoms with van der Waals surface area (Å²) in [6.45, 7) is 2.05. The number of carbonyl (C=O) groups is 1. The van der Waals surface area contributed by atoms with Crippen LogP contribution in [0.1, 0.15) is 29.3 Å². The molecule has 0 unspecified atom stereocenters. The van der Waals surface area contributed by atoms with Gasteiger partial charge in [0.25, 0.3) is 0 Å². The van der Waals surface area contributed by atoms with Crippen molar-refractivity contribution in [1.82, 2.24) is 0 Å². The Morgan fingerprint density at radius 3 is 2.31 bits per heavy atom. The topological polar surface area (TPSA) is 55.8 Å². The van der Waals surface area contributed by atoms with Crippen molar-refractivity contribution in [3.05, 3.63) is 23.3 Å². The lowest BCUT2D eigenvalue weighted by Crippen LogP contribution is -2.03. The van der Waals surface area contributed by atoms with Crippen molar-refractivity contribution >= 4 is 5.97 Å². The van der Waals surface area contributed by atoms with Gasteiger partial charge in [0.05, 0.1) is 14.2 Å². The van der Waals surface area contributed by atoms with E-state index in [2.05, 4.69) is 6.92 Å². The third kappa shape index (κ3) is 2.45. The molecule has 0 aliphatic carbocycles. The summed E-state index contributed by atoms with van der Waals surface area (Å²) in [5, 5.41) is 9.00. The largest absolute Gasteiger partial charge is 0.496 e. The Morgan fingerprint density at radius 1 is 1.25 bits per heavy atom. The SMILES string of the molecule is CCCc1cc(OC)c(C(=O)O)cc1OC. The maximum absolute atomic E-state index is 11.0. The van der Waals surface area contributed by atoms with Crippen molar-refractivity contribution in [2.75, 3.05) is 14.2 Å². The molecule has 0 amide bonds. The average Bonchev–Trinajstić information content (AvgIpc) is 2.28. The molecule has 0 saturated carbocycles. The van der Waals surface area contributed by atoms with Crippen LogP contribution >= 0.6 is 0 Å². The summed E-state index contributed by atoms with van der Waals surface area (Å²) in [5.74, 6) is -0.0463. The Hall–Kier alpha value is -1.71. The summed E-state index contributed by atoms with van der Waals surface area (Å²) in [7, 11) is 3.00. The fraction of sp³-hybridized carbons (Fsp3) is 0.417. The Labute approximate surface area is 94.8 Å². The van der Waals surface area contributed by atoms with Crippen LogP contribution in [-0.4, -0.2) is 25.3 Å². The molecule has 1 aromatic rings. The van der Waals surface area contributed by atoms with E-state index in [0.717, 1.165) is 18.4 Å². The number of rotatable bonds is 5. The van der Waals surface area contributed by atoms with E-state index in [-0.39, 0.29) is 5.56 Å². The average molecular weight is 224 g/mol. The molecule has 0 radical (unpaired) electrons. The highest BCUT2D eigenvalue weighted by atomic mass is 16.5. The third-order valence-electron chi connectivity index (χ3n) is 2.35. The highest BCUT2D eigenvalue weighted by Gasteiger charge is 2.15. The quantitative estimate of drug-likeness (QED) is 0.834. The fourth-order valence-electron chi connectivity index (χ4n) is 1.59. The van der Waals surface area contributed by atoms with E-state index < -0.39 is 5.97 Å². The van der Waals surface area contributed by atoms with Crippen molar-refractivity contribution in [2.45, 2.75) is 19.8 Å². The van der Waals surface area contributed by atoms with E-state index in [0.29, 0.717) is 11.5 Å². The molecule has 0 aliphatic rings. The molecule has 0 fully saturated rings. The number of carboxylic acid groups (broad SMARTS) is 1. The van der Waals surface area contributed by atoms with Crippen molar-refractivity contribution in [3.63, 3.8) is 0 Å². The van der Waals surface area contributed by atoms with Crippen molar-refractivity contribution in [1.29, 1.82) is 0 Å². The molecule has 4 heteroatoms. The standard InChI is InChI=1S/C12H16O4/c1-4-5-8-6-11(16-3)9(12(13)14)7-10(8)15-2/h6-7H,4-5H2,1-3H3,(H,13,14). The van der Waals surface area contributed by atoms with Crippen LogP contribution in [0.3, 0.4) is 0 Å². The Bertz CT molecular complexity index is 385. The van der Waals surface area contributed by atoms with E-state index >= 15 is 0 Å². The van der Waals surface area contributed by atoms with Crippen molar-refractivity contribution in [3.8, 4) is 11.5 Å². The number of hydrogen-bond donors (Lipinski definition) is 1. The lowest BCUT2D eigenvalue weighted by molar-refractivity contribution is 0.0693. The summed E-state index contributed by atoms with van der Waals surface area (Å²) in [6, 6.07) is 3.23. The Morgan fingerprint density at radius 2 is 1.88 bits per heavy atom. The maximum atomic E-state index is 11.0. The first-order chi connectivity index (χ1) is 7.63. The first-order valence-corrected chi connectivity index (χ1v) is 5.12. The van der Waals surface area contributed by atoms with Crippen LogP contribution < -0.4 is 9.47 Å². The van der Waals surface area contributed by atoms with Crippen LogP contribution in [0.5, 0.6) is 11.5 Å². The minimum atomic E-state index is -1.02. The third-order valence-corrected chi connectivity index (χ3v) is 2.35. The molecule has 16 heavy (non-hydrogen) atoms. The minimum Gasteiger partial charge on any atom is -0.496 e. The predicted molar refractivity (Wildman–Crippen MR) is 60.5 cm³/mol. The second-order valence-corrected chi connectivity index (χ2v) is 3.42. The Kier molecular flexibility index (Phi) is 4.17. The zero-order valence-corrected chi connectivity index (χ0v) is 9.74. The van der Waals surface area contributed by atoms with Crippen molar-refractivity contribution < 1.29 is 19.4 Å². The predicted octanol–water partition coefficient (Wildman–Crippen LogP) is 2.35. The van der Waals surface area contributed by atoms with Gasteiger partial charge in [0.1, 0.15) is 17.1 Å². The van der Waals surface area contributed by atoms with Crippen LogP contribution in [0.4, 0.5) is 0 Å². The van der Waals surface area contributed by atoms with Gasteiger partial charge in [-0.2, -0.15) is 0 Å². The van der Waals surface area contributed by atoms with E-state index in [1.54, 1.807) is 6.07 Å². The fourth-order valence-corrected chi connectivity index (χ4v) is 1.59. The van der Waals surface area contributed by atoms with Gasteiger partial charge in [-0.25, -0.2) is 4.79 Å². The number of methoxy groups -OCH3 is 2. The van der Waals surface area contributed by atoms with Crippen LogP contribution in [0.2, 0.25) is 0 Å². The number of aryl methyl sites for hydroxylation is 1. The van der Waals surface area contributed by atoms with Gasteiger partial charge in [-0.3, -0.25) is 0 Å². The van der Waals surface area contributed by atoms with Gasteiger partial charge in [0.2, 0.25) is 0 Å². The van der Waals surface area contributed by atoms with E-state index in [4.69, 9.17) is 14.6 Å². The molecule has 0 aliphatic heterocycles. The van der Waals surface area contributed by atoms with Gasteiger partial charge >= 0.3 is 5.97 Å². The van der Waals surface area contributed by atoms with E-state index in [1.165, 1.54) is 20.3 Å². The van der Waals surface area contributed by atoms with Gasteiger partial charge in [-0.15, -0.1) is 0 Å². The van der Waals surface area contributed by atoms with E-state index in [9.17, 15) is 4.79 Å². The zero-order valence-electron chi connectivity index (χ0n) is 9.74. The number of benzene rings is 1. The van der Waals surface area contributed by atoms with Crippen LogP contribution in [0.25, 0.3) is 0 Å². The van der Waals surface area contributed by atoms with Crippen LogP contribution in [0.15, 0.2) is 12.1 Å². The zero-order chi connectivity index (χ0) is 12.1. The number of ether oxygens (including phenoxy) is 2. The summed E-state index contributed by atoms with van der Waals surface area (Å²) in [4.78, 5) is 11.0. The molecule has 88 valence electrons. The van der Waals surface area contributed by atoms with Gasteiger partial charge < -0.3 is 14.6 Å². The molecule has 0 spiro atoms. The van der Waals surface area contributed by atoms with Gasteiger partial charge in [-0.1, -0.05) is 13.3 Å². The summed E-state index contributed by atoms with van der Waals surface area (Å²) < 4.78 is 10.2. The minimum absolute atomic E-state index is 0.124. The van der Waals surface area contributed by atoms with Gasteiger partial charge in [0, 0.05) is 0 Å². The summed E-state index contributed by atoms with van der Waals surface area (Å²) >= 11 is 0. The normalized spacial score (nSPS) is 9.94. The molecule has 4 nitrogen and oxygen atoms in total. The molecule has 0 saturated heterocycles. The molecule has 1 rings (SSSR count). The second kappa shape index (κ2) is 5.39. The number of carboxylic acids is 1. The molecule has 1 aromatic carbocycles. The van der Waals surface area contributed by atoms with Crippen LogP contribution in [-0.2, 0) is 6.42 Å². The summed E-state index contributed by atoms with van der Waals surface area (Å²) in [6.07, 6.45) is 1.80. The smallest absolute Gasteiger partial charge is 0.339 e. The molecule has 1 N–H and O–H groups in total. The molecular weight excluding hydrogens is 208 g/mol. The lowest BCUT2D eigenvalue weighted by atomic mass is 10.0. The highest BCUT2D eigenvalue weighted by Crippen LogP contribution is 2.29. The van der Waals surface area contributed by atoms with Gasteiger partial charge in [0.15, 0.2) is 0 Å². The van der Waals surface area contributed by atoms with Crippen molar-refractivity contribution in [2.24, 2.45) is 0 Å². The van der Waals surface area contributed by atoms with Gasteiger partial charge in [-0.05, 0) is 24.1 Å². The maximum Gasteiger partial charge on any atom is 0.339 e. The molecule has 0 atom stereocenters. The summed E-state index contributed by atoms with van der Waals surface area (Å²) in [5.41, 5.74) is 1.09. The second-order valence-electron chi connectivity index (χ2n) is 3.42. The molecule has 0 heterocycles. The monoisotopic (exact) mass is 224 g/mol. The number of aromatic carboxylic acids is 1. The lowest BCUT2D eigenvalue weighted by Gasteiger charge is -2.12. The van der Waals surface area contributed by atoms with Crippen LogP contribution in [0, 0.1) is 0 Å². The molecular formula is C12H16O4. The highest BCUT2D eigenvalue weighted by molar-refractivity contribution is 5.91. The molecule has 0 bridgehead atoms.